The van der Waals surface area contributed by atoms with Crippen LogP contribution in [0.1, 0.15) is 34.8 Å². The van der Waals surface area contributed by atoms with Crippen LogP contribution in [0, 0.1) is 23.3 Å². The summed E-state index contributed by atoms with van der Waals surface area (Å²) in [5.74, 6) is -4.87. The first-order valence-electron chi connectivity index (χ1n) is 11.0. The van der Waals surface area contributed by atoms with E-state index in [4.69, 9.17) is 14.2 Å². The molecular weight excluding hydrogens is 484 g/mol. The lowest BCUT2D eigenvalue weighted by atomic mass is 10.2. The first-order valence-corrected chi connectivity index (χ1v) is 11.0. The van der Waals surface area contributed by atoms with Crippen LogP contribution in [-0.2, 0) is 20.8 Å². The molecule has 0 bridgehead atoms. The molecule has 0 saturated carbocycles. The van der Waals surface area contributed by atoms with Crippen molar-refractivity contribution in [2.24, 2.45) is 0 Å². The van der Waals surface area contributed by atoms with Gasteiger partial charge in [-0.2, -0.15) is 0 Å². The van der Waals surface area contributed by atoms with Gasteiger partial charge in [-0.3, -0.25) is 0 Å². The van der Waals surface area contributed by atoms with E-state index in [0.29, 0.717) is 35.0 Å². The maximum Gasteiger partial charge on any atom is 0.354 e. The number of aromatic amines is 1. The number of carbonyl (C=O) groups excluding carboxylic acids is 2. The lowest BCUT2D eigenvalue weighted by Crippen LogP contribution is -2.14. The third-order valence-electron chi connectivity index (χ3n) is 5.10. The number of carbonyl (C=O) groups is 2. The van der Waals surface area contributed by atoms with Gasteiger partial charge in [-0.1, -0.05) is 0 Å². The number of benzene rings is 2. The zero-order chi connectivity index (χ0) is 26.4. The highest BCUT2D eigenvalue weighted by Gasteiger charge is 2.18. The molecule has 4 aromatic rings. The fourth-order valence-electron chi connectivity index (χ4n) is 3.50. The third-order valence-corrected chi connectivity index (χ3v) is 5.10. The number of halogens is 4. The van der Waals surface area contributed by atoms with Gasteiger partial charge in [-0.15, -0.1) is 0 Å². The Balaban J connectivity index is 0.000000205. The van der Waals surface area contributed by atoms with E-state index in [0.717, 1.165) is 24.3 Å². The Labute approximate surface area is 203 Å². The van der Waals surface area contributed by atoms with Crippen molar-refractivity contribution in [3.63, 3.8) is 0 Å². The minimum Gasteiger partial charge on any atom is -0.461 e. The molecule has 0 radical (unpaired) electrons. The molecule has 7 nitrogen and oxygen atoms in total. The molecule has 0 aliphatic carbocycles. The molecule has 2 aromatic heterocycles. The number of aromatic nitrogens is 2. The van der Waals surface area contributed by atoms with Gasteiger partial charge in [0.1, 0.15) is 11.4 Å². The van der Waals surface area contributed by atoms with Crippen molar-refractivity contribution < 1.29 is 41.4 Å². The fraction of sp³-hybridized carbons (Fsp3) is 0.280. The van der Waals surface area contributed by atoms with Gasteiger partial charge in [-0.25, -0.2) is 27.2 Å². The molecular formula is C25H24F4N2O5. The summed E-state index contributed by atoms with van der Waals surface area (Å²) in [6.07, 6.45) is 0. The Morgan fingerprint density at radius 2 is 1.39 bits per heavy atom. The maximum atomic E-state index is 13.4. The lowest BCUT2D eigenvalue weighted by Gasteiger charge is -2.09. The van der Waals surface area contributed by atoms with Gasteiger partial charge >= 0.3 is 11.9 Å². The van der Waals surface area contributed by atoms with Gasteiger partial charge in [0.2, 0.25) is 0 Å². The molecule has 192 valence electrons. The lowest BCUT2D eigenvalue weighted by molar-refractivity contribution is 0.0506. The minimum atomic E-state index is -0.954. The highest BCUT2D eigenvalue weighted by Crippen LogP contribution is 2.24. The van der Waals surface area contributed by atoms with Crippen LogP contribution >= 0.6 is 0 Å². The van der Waals surface area contributed by atoms with Crippen molar-refractivity contribution in [2.45, 2.75) is 20.4 Å². The molecule has 11 heteroatoms. The predicted octanol–water partition coefficient (Wildman–Crippen LogP) is 5.37. The van der Waals surface area contributed by atoms with Crippen LogP contribution in [-0.4, -0.2) is 48.4 Å². The SMILES string of the molecule is CCOC(=O)c1cc2cc(F)c(F)cc2[nH]1.CCOC(=O)c1cc2cc(F)c(F)cc2n1CCOC. The zero-order valence-electron chi connectivity index (χ0n) is 19.8. The summed E-state index contributed by atoms with van der Waals surface area (Å²) in [5, 5.41) is 0.880. The van der Waals surface area contributed by atoms with E-state index in [1.54, 1.807) is 18.4 Å². The summed E-state index contributed by atoms with van der Waals surface area (Å²) in [5.41, 5.74) is 1.23. The van der Waals surface area contributed by atoms with E-state index in [2.05, 4.69) is 4.98 Å². The normalized spacial score (nSPS) is 10.9. The number of rotatable bonds is 7. The molecule has 0 unspecified atom stereocenters. The van der Waals surface area contributed by atoms with Crippen molar-refractivity contribution in [3.8, 4) is 0 Å². The molecule has 2 aromatic carbocycles. The summed E-state index contributed by atoms with van der Waals surface area (Å²) < 4.78 is 68.7. The Kier molecular flexibility index (Phi) is 8.70. The molecule has 0 saturated heterocycles. The van der Waals surface area contributed by atoms with Crippen LogP contribution in [0.3, 0.4) is 0 Å². The number of hydrogen-bond acceptors (Lipinski definition) is 5. The van der Waals surface area contributed by atoms with E-state index in [1.165, 1.54) is 19.2 Å². The fourth-order valence-corrected chi connectivity index (χ4v) is 3.50. The van der Waals surface area contributed by atoms with E-state index in [-0.39, 0.29) is 24.6 Å². The van der Waals surface area contributed by atoms with Crippen LogP contribution in [0.15, 0.2) is 36.4 Å². The van der Waals surface area contributed by atoms with Crippen molar-refractivity contribution >= 4 is 33.7 Å². The van der Waals surface area contributed by atoms with E-state index >= 15 is 0 Å². The van der Waals surface area contributed by atoms with Crippen LogP contribution in [0.5, 0.6) is 0 Å². The van der Waals surface area contributed by atoms with Gasteiger partial charge in [0.15, 0.2) is 23.3 Å². The first kappa shape index (κ1) is 26.7. The quantitative estimate of drug-likeness (QED) is 0.268. The molecule has 1 N–H and O–H groups in total. The Morgan fingerprint density at radius 1 is 0.806 bits per heavy atom. The largest absolute Gasteiger partial charge is 0.461 e. The number of ether oxygens (including phenoxy) is 3. The summed E-state index contributed by atoms with van der Waals surface area (Å²) in [6, 6.07) is 7.10. The van der Waals surface area contributed by atoms with Crippen molar-refractivity contribution in [1.29, 1.82) is 0 Å². The highest BCUT2D eigenvalue weighted by molar-refractivity contribution is 5.96. The van der Waals surface area contributed by atoms with Gasteiger partial charge in [-0.05, 0) is 38.1 Å². The van der Waals surface area contributed by atoms with Gasteiger partial charge < -0.3 is 23.8 Å². The Bertz CT molecular complexity index is 1360. The molecule has 2 heterocycles. The summed E-state index contributed by atoms with van der Waals surface area (Å²) in [4.78, 5) is 25.9. The number of nitrogens with one attached hydrogen (secondary N) is 1. The molecule has 0 atom stereocenters. The van der Waals surface area contributed by atoms with Crippen LogP contribution in [0.25, 0.3) is 21.8 Å². The summed E-state index contributed by atoms with van der Waals surface area (Å²) in [7, 11) is 1.52. The van der Waals surface area contributed by atoms with Gasteiger partial charge in [0, 0.05) is 42.1 Å². The maximum absolute atomic E-state index is 13.4. The first-order chi connectivity index (χ1) is 17.2. The van der Waals surface area contributed by atoms with Crippen LogP contribution in [0.4, 0.5) is 17.6 Å². The second kappa shape index (κ2) is 11.7. The molecule has 0 fully saturated rings. The van der Waals surface area contributed by atoms with Gasteiger partial charge in [0.05, 0.1) is 25.3 Å². The predicted molar refractivity (Wildman–Crippen MR) is 124 cm³/mol. The monoisotopic (exact) mass is 508 g/mol. The van der Waals surface area contributed by atoms with Gasteiger partial charge in [0.25, 0.3) is 0 Å². The highest BCUT2D eigenvalue weighted by atomic mass is 19.2. The molecule has 36 heavy (non-hydrogen) atoms. The molecule has 0 aliphatic rings. The summed E-state index contributed by atoms with van der Waals surface area (Å²) >= 11 is 0. The van der Waals surface area contributed by atoms with E-state index < -0.39 is 35.2 Å². The average molecular weight is 508 g/mol. The number of fused-ring (bicyclic) bond motifs is 2. The molecule has 0 spiro atoms. The topological polar surface area (TPSA) is 82.6 Å². The van der Waals surface area contributed by atoms with E-state index in [1.807, 2.05) is 0 Å². The second-order valence-electron chi connectivity index (χ2n) is 7.48. The smallest absolute Gasteiger partial charge is 0.354 e. The Hall–Kier alpha value is -3.86. The molecule has 0 amide bonds. The standard InChI is InChI=1S/C14H15F2NO3.C11H9F2NO2/c1-3-20-14(18)13-7-9-6-10(15)11(16)8-12(9)17(13)4-5-19-2;1-2-16-11(15)10-4-6-3-7(12)8(13)5-9(6)14-10/h6-8H,3-5H2,1-2H3;3-5,14H,2H2,1H3. The van der Waals surface area contributed by atoms with Crippen LogP contribution < -0.4 is 0 Å². The van der Waals surface area contributed by atoms with Crippen molar-refractivity contribution in [3.05, 3.63) is 71.1 Å². The summed E-state index contributed by atoms with van der Waals surface area (Å²) in [6.45, 7) is 4.54. The second-order valence-corrected chi connectivity index (χ2v) is 7.48. The Morgan fingerprint density at radius 3 is 2.03 bits per heavy atom. The number of nitrogens with zero attached hydrogens (tertiary/aromatic N) is 1. The number of hydrogen-bond donors (Lipinski definition) is 1. The minimum absolute atomic E-state index is 0.182. The van der Waals surface area contributed by atoms with Crippen LogP contribution in [0.2, 0.25) is 0 Å². The number of H-pyrrole nitrogens is 1. The van der Waals surface area contributed by atoms with Crippen molar-refractivity contribution in [1.82, 2.24) is 9.55 Å². The third kappa shape index (κ3) is 5.85. The van der Waals surface area contributed by atoms with E-state index in [9.17, 15) is 27.2 Å². The average Bonchev–Trinajstić information content (AvgIpc) is 3.40. The molecule has 4 rings (SSSR count). The zero-order valence-corrected chi connectivity index (χ0v) is 19.8. The number of esters is 2. The van der Waals surface area contributed by atoms with Crippen molar-refractivity contribution in [2.75, 3.05) is 26.9 Å². The number of methoxy groups -OCH3 is 1. The molecule has 0 aliphatic heterocycles.